The first-order valence-electron chi connectivity index (χ1n) is 5.98. The minimum Gasteiger partial charge on any atom is -0.480 e. The molecule has 0 aromatic carbocycles. The number of carbonyl (C=O) groups excluding carboxylic acids is 2. The molecule has 19 heavy (non-hydrogen) atoms. The van der Waals surface area contributed by atoms with E-state index in [-0.39, 0.29) is 25.5 Å². The van der Waals surface area contributed by atoms with Crippen molar-refractivity contribution in [3.8, 4) is 0 Å². The van der Waals surface area contributed by atoms with E-state index in [0.29, 0.717) is 0 Å². The highest BCUT2D eigenvalue weighted by atomic mass is 16.5. The van der Waals surface area contributed by atoms with Gasteiger partial charge in [-0.3, -0.25) is 9.59 Å². The van der Waals surface area contributed by atoms with Gasteiger partial charge in [-0.1, -0.05) is 20.8 Å². The second kappa shape index (κ2) is 7.73. The molecule has 0 rings (SSSR count). The Morgan fingerprint density at radius 3 is 2.26 bits per heavy atom. The lowest BCUT2D eigenvalue weighted by molar-refractivity contribution is -0.142. The van der Waals surface area contributed by atoms with Gasteiger partial charge in [0.05, 0.1) is 6.54 Å². The van der Waals surface area contributed by atoms with Gasteiger partial charge in [-0.05, 0) is 0 Å². The summed E-state index contributed by atoms with van der Waals surface area (Å²) in [7, 11) is 1.45. The average molecular weight is 274 g/mol. The van der Waals surface area contributed by atoms with Crippen LogP contribution in [0.1, 0.15) is 27.2 Å². The van der Waals surface area contributed by atoms with Crippen LogP contribution < -0.4 is 10.6 Å². The number of carboxylic acid groups (broad SMARTS) is 1. The maximum absolute atomic E-state index is 11.5. The molecule has 0 saturated heterocycles. The fourth-order valence-electron chi connectivity index (χ4n) is 1.16. The number of carbonyl (C=O) groups is 3. The van der Waals surface area contributed by atoms with Crippen LogP contribution in [0.25, 0.3) is 0 Å². The van der Waals surface area contributed by atoms with E-state index in [1.807, 2.05) is 0 Å². The molecular formula is C12H22N2O5. The lowest BCUT2D eigenvalue weighted by Crippen LogP contribution is -2.47. The molecule has 7 heteroatoms. The van der Waals surface area contributed by atoms with Crippen molar-refractivity contribution in [3.63, 3.8) is 0 Å². The van der Waals surface area contributed by atoms with Gasteiger partial charge in [0, 0.05) is 25.6 Å². The number of amides is 2. The third kappa shape index (κ3) is 7.40. The van der Waals surface area contributed by atoms with Crippen molar-refractivity contribution < 1.29 is 24.2 Å². The minimum atomic E-state index is -1.13. The van der Waals surface area contributed by atoms with Crippen molar-refractivity contribution >= 4 is 17.8 Å². The third-order valence-corrected chi connectivity index (χ3v) is 2.33. The molecule has 0 saturated carbocycles. The predicted octanol–water partition coefficient (Wildman–Crippen LogP) is -0.245. The average Bonchev–Trinajstić information content (AvgIpc) is 2.29. The van der Waals surface area contributed by atoms with Crippen LogP contribution in [-0.4, -0.2) is 49.2 Å². The van der Waals surface area contributed by atoms with Crippen molar-refractivity contribution in [2.45, 2.75) is 33.2 Å². The standard InChI is InChI=1S/C12H22N2O5/c1-12(2,3)11(18)13-7-9(15)14-8(10(16)17)5-6-19-4/h8H,5-7H2,1-4H3,(H,13,18)(H,14,15)(H,16,17). The summed E-state index contributed by atoms with van der Waals surface area (Å²) in [6.07, 6.45) is 0.171. The number of rotatable bonds is 7. The van der Waals surface area contributed by atoms with Gasteiger partial charge in [-0.2, -0.15) is 0 Å². The van der Waals surface area contributed by atoms with E-state index in [1.165, 1.54) is 7.11 Å². The van der Waals surface area contributed by atoms with Crippen molar-refractivity contribution in [2.24, 2.45) is 5.41 Å². The maximum Gasteiger partial charge on any atom is 0.326 e. The third-order valence-electron chi connectivity index (χ3n) is 2.33. The number of ether oxygens (including phenoxy) is 1. The zero-order valence-electron chi connectivity index (χ0n) is 11.8. The lowest BCUT2D eigenvalue weighted by Gasteiger charge is -2.18. The van der Waals surface area contributed by atoms with Gasteiger partial charge in [0.1, 0.15) is 6.04 Å². The van der Waals surface area contributed by atoms with Crippen molar-refractivity contribution in [1.29, 1.82) is 0 Å². The summed E-state index contributed by atoms with van der Waals surface area (Å²) in [5, 5.41) is 13.7. The van der Waals surface area contributed by atoms with E-state index in [1.54, 1.807) is 20.8 Å². The highest BCUT2D eigenvalue weighted by Crippen LogP contribution is 2.11. The van der Waals surface area contributed by atoms with Gasteiger partial charge in [0.15, 0.2) is 0 Å². The SMILES string of the molecule is COCCC(NC(=O)CNC(=O)C(C)(C)C)C(=O)O. The first-order valence-corrected chi connectivity index (χ1v) is 5.98. The fraction of sp³-hybridized carbons (Fsp3) is 0.750. The largest absolute Gasteiger partial charge is 0.480 e. The Hall–Kier alpha value is -1.63. The second-order valence-corrected chi connectivity index (χ2v) is 5.17. The maximum atomic E-state index is 11.5. The molecule has 0 aromatic rings. The molecule has 0 aliphatic heterocycles. The molecule has 2 amide bonds. The van der Waals surface area contributed by atoms with Gasteiger partial charge < -0.3 is 20.5 Å². The van der Waals surface area contributed by atoms with Crippen molar-refractivity contribution in [3.05, 3.63) is 0 Å². The summed E-state index contributed by atoms with van der Waals surface area (Å²) in [6, 6.07) is -1.01. The van der Waals surface area contributed by atoms with Gasteiger partial charge in [0.2, 0.25) is 11.8 Å². The van der Waals surface area contributed by atoms with Crippen LogP contribution in [-0.2, 0) is 19.1 Å². The van der Waals surface area contributed by atoms with Crippen LogP contribution in [0.15, 0.2) is 0 Å². The number of methoxy groups -OCH3 is 1. The highest BCUT2D eigenvalue weighted by molar-refractivity contribution is 5.89. The van der Waals surface area contributed by atoms with Gasteiger partial charge in [-0.15, -0.1) is 0 Å². The number of hydrogen-bond acceptors (Lipinski definition) is 4. The Morgan fingerprint density at radius 2 is 1.84 bits per heavy atom. The molecule has 0 spiro atoms. The molecule has 0 heterocycles. The molecule has 0 aliphatic carbocycles. The van der Waals surface area contributed by atoms with E-state index in [9.17, 15) is 14.4 Å². The highest BCUT2D eigenvalue weighted by Gasteiger charge is 2.23. The van der Waals surface area contributed by atoms with Crippen LogP contribution >= 0.6 is 0 Å². The van der Waals surface area contributed by atoms with Crippen LogP contribution in [0.5, 0.6) is 0 Å². The van der Waals surface area contributed by atoms with Crippen LogP contribution in [0, 0.1) is 5.41 Å². The van der Waals surface area contributed by atoms with E-state index < -0.39 is 23.3 Å². The van der Waals surface area contributed by atoms with Gasteiger partial charge >= 0.3 is 5.97 Å². The van der Waals surface area contributed by atoms with E-state index in [4.69, 9.17) is 9.84 Å². The normalized spacial score (nSPS) is 12.6. The first kappa shape index (κ1) is 17.4. The number of carboxylic acids is 1. The zero-order chi connectivity index (χ0) is 15.1. The fourth-order valence-corrected chi connectivity index (χ4v) is 1.16. The molecule has 0 radical (unpaired) electrons. The Bertz CT molecular complexity index is 336. The summed E-state index contributed by atoms with van der Waals surface area (Å²) >= 11 is 0. The molecule has 0 aromatic heterocycles. The van der Waals surface area contributed by atoms with Crippen LogP contribution in [0.3, 0.4) is 0 Å². The number of aliphatic carboxylic acids is 1. The van der Waals surface area contributed by atoms with Crippen molar-refractivity contribution in [1.82, 2.24) is 10.6 Å². The minimum absolute atomic E-state index is 0.171. The van der Waals surface area contributed by atoms with E-state index >= 15 is 0 Å². The molecule has 0 aliphatic rings. The zero-order valence-corrected chi connectivity index (χ0v) is 11.8. The Labute approximate surface area is 112 Å². The van der Waals surface area contributed by atoms with Gasteiger partial charge in [-0.25, -0.2) is 4.79 Å². The van der Waals surface area contributed by atoms with Crippen LogP contribution in [0.4, 0.5) is 0 Å². The Morgan fingerprint density at radius 1 is 1.26 bits per heavy atom. The smallest absolute Gasteiger partial charge is 0.326 e. The summed E-state index contributed by atoms with van der Waals surface area (Å²) in [5.74, 6) is -1.94. The molecule has 110 valence electrons. The molecule has 1 unspecified atom stereocenters. The Balaban J connectivity index is 4.21. The van der Waals surface area contributed by atoms with E-state index in [0.717, 1.165) is 0 Å². The Kier molecular flexibility index (Phi) is 7.06. The molecule has 1 atom stereocenters. The molecule has 0 fully saturated rings. The quantitative estimate of drug-likeness (QED) is 0.594. The molecule has 3 N–H and O–H groups in total. The molecular weight excluding hydrogens is 252 g/mol. The topological polar surface area (TPSA) is 105 Å². The summed E-state index contributed by atoms with van der Waals surface area (Å²) in [4.78, 5) is 33.9. The molecule has 7 nitrogen and oxygen atoms in total. The molecule has 0 bridgehead atoms. The summed E-state index contributed by atoms with van der Waals surface area (Å²) < 4.78 is 4.76. The number of nitrogens with one attached hydrogen (secondary N) is 2. The second-order valence-electron chi connectivity index (χ2n) is 5.17. The lowest BCUT2D eigenvalue weighted by atomic mass is 9.96. The van der Waals surface area contributed by atoms with Gasteiger partial charge in [0.25, 0.3) is 0 Å². The van der Waals surface area contributed by atoms with Crippen molar-refractivity contribution in [2.75, 3.05) is 20.3 Å². The first-order chi connectivity index (χ1) is 8.68. The number of hydrogen-bond donors (Lipinski definition) is 3. The van der Waals surface area contributed by atoms with E-state index in [2.05, 4.69) is 10.6 Å². The predicted molar refractivity (Wildman–Crippen MR) is 68.5 cm³/mol. The van der Waals surface area contributed by atoms with Crippen LogP contribution in [0.2, 0.25) is 0 Å². The summed E-state index contributed by atoms with van der Waals surface area (Å²) in [5.41, 5.74) is -0.595. The monoisotopic (exact) mass is 274 g/mol. The summed E-state index contributed by atoms with van der Waals surface area (Å²) in [6.45, 7) is 5.15.